The van der Waals surface area contributed by atoms with Gasteiger partial charge in [0.15, 0.2) is 6.23 Å². The second-order valence-corrected chi connectivity index (χ2v) is 11.0. The van der Waals surface area contributed by atoms with Gasteiger partial charge < -0.3 is 49.9 Å². The lowest BCUT2D eigenvalue weighted by Crippen LogP contribution is -2.53. The van der Waals surface area contributed by atoms with Gasteiger partial charge in [0.2, 0.25) is 0 Å². The van der Waals surface area contributed by atoms with Crippen LogP contribution < -0.4 is 11.2 Å². The average Bonchev–Trinajstić information content (AvgIpc) is 3.06. The maximum atomic E-state index is 12.3. The van der Waals surface area contributed by atoms with Crippen LogP contribution in [0.5, 0.6) is 0 Å². The molecule has 18 nitrogen and oxygen atoms in total. The van der Waals surface area contributed by atoms with Crippen LogP contribution in [0.2, 0.25) is 0 Å². The molecule has 0 aromatic carbocycles. The lowest BCUT2D eigenvalue weighted by molar-refractivity contribution is -0.164. The molecule has 0 spiro atoms. The van der Waals surface area contributed by atoms with Gasteiger partial charge in [-0.15, -0.1) is 0 Å². The molecule has 9 N–H and O–H groups in total. The van der Waals surface area contributed by atoms with E-state index < -0.39 is 94.6 Å². The Hall–Kier alpha value is -1.76. The molecule has 1 aromatic heterocycles. The first-order valence-corrected chi connectivity index (χ1v) is 13.2. The third-order valence-electron chi connectivity index (χ3n) is 5.19. The van der Waals surface area contributed by atoms with Gasteiger partial charge in [-0.25, -0.2) is 13.7 Å². The Morgan fingerprint density at radius 1 is 1.03 bits per heavy atom. The zero-order valence-electron chi connectivity index (χ0n) is 18.0. The molecule has 0 saturated carbocycles. The highest BCUT2D eigenvalue weighted by atomic mass is 31.3. The van der Waals surface area contributed by atoms with Crippen LogP contribution in [0.15, 0.2) is 33.4 Å². The van der Waals surface area contributed by atoms with Gasteiger partial charge in [-0.2, -0.15) is 0 Å². The van der Waals surface area contributed by atoms with Crippen LogP contribution in [-0.4, -0.2) is 106 Å². The normalized spacial score (nSPS) is 37.3. The number of phosphoric ester groups is 1. The third-order valence-corrected chi connectivity index (χ3v) is 8.01. The van der Waals surface area contributed by atoms with E-state index in [4.69, 9.17) is 14.6 Å². The molecule has 10 atom stereocenters. The summed E-state index contributed by atoms with van der Waals surface area (Å²) in [7, 11) is -10.7. The van der Waals surface area contributed by atoms with Crippen LogP contribution in [0.1, 0.15) is 6.23 Å². The maximum Gasteiger partial charge on any atom is 0.479 e. The second-order valence-electron chi connectivity index (χ2n) is 7.77. The van der Waals surface area contributed by atoms with Crippen LogP contribution >= 0.6 is 15.4 Å². The molecule has 2 saturated heterocycles. The zero-order valence-corrected chi connectivity index (χ0v) is 19.7. The summed E-state index contributed by atoms with van der Waals surface area (Å²) in [5.74, 6) is -0.685. The van der Waals surface area contributed by atoms with E-state index in [1.807, 2.05) is 4.98 Å². The molecule has 2 aliphatic rings. The van der Waals surface area contributed by atoms with Crippen molar-refractivity contribution >= 4 is 15.4 Å². The summed E-state index contributed by atoms with van der Waals surface area (Å²) in [5.41, 5.74) is -1.73. The van der Waals surface area contributed by atoms with Crippen molar-refractivity contribution < 1.29 is 67.9 Å². The lowest BCUT2D eigenvalue weighted by Gasteiger charge is -2.36. The average molecular weight is 562 g/mol. The molecule has 2 aliphatic heterocycles. The van der Waals surface area contributed by atoms with E-state index >= 15 is 0 Å². The van der Waals surface area contributed by atoms with E-state index in [2.05, 4.69) is 8.83 Å². The first kappa shape index (κ1) is 28.8. The predicted octanol–water partition coefficient (Wildman–Crippen LogP) is -4.21. The fourth-order valence-electron chi connectivity index (χ4n) is 3.39. The van der Waals surface area contributed by atoms with Crippen LogP contribution in [0.4, 0.5) is 0 Å². The van der Waals surface area contributed by atoms with Gasteiger partial charge in [0.25, 0.3) is 5.56 Å². The number of aromatic amines is 1. The summed E-state index contributed by atoms with van der Waals surface area (Å²) >= 11 is 0. The molecule has 0 radical (unpaired) electrons. The number of hydrogen-bond acceptors (Lipinski definition) is 14. The second kappa shape index (κ2) is 10.9. The molecule has 2 unspecified atom stereocenters. The molecule has 20 heteroatoms. The van der Waals surface area contributed by atoms with Gasteiger partial charge in [0.05, 0.1) is 19.0 Å². The summed E-state index contributed by atoms with van der Waals surface area (Å²) in [5, 5.41) is 58.7. The topological polar surface area (TPSA) is 288 Å². The number of ether oxygens (including phenoxy) is 2. The molecule has 0 aliphatic carbocycles. The number of aliphatic hydroxyl groups is 6. The third kappa shape index (κ3) is 6.38. The molecule has 2 fully saturated rings. The first-order chi connectivity index (χ1) is 16.7. The number of rotatable bonds is 8. The van der Waals surface area contributed by atoms with Gasteiger partial charge in [0, 0.05) is 12.3 Å². The van der Waals surface area contributed by atoms with Crippen molar-refractivity contribution in [2.45, 2.75) is 49.0 Å². The number of aromatic nitrogens is 2. The Kier molecular flexibility index (Phi) is 8.74. The highest BCUT2D eigenvalue weighted by Crippen LogP contribution is 2.61. The Labute approximate surface area is 200 Å². The predicted molar refractivity (Wildman–Crippen MR) is 112 cm³/mol. The smallest absolute Gasteiger partial charge is 0.479 e. The number of aliphatic hydroxyl groups excluding tert-OH is 6. The minimum atomic E-state index is -5.40. The summed E-state index contributed by atoms with van der Waals surface area (Å²) in [6, 6.07) is 0.937. The van der Waals surface area contributed by atoms with E-state index in [-0.39, 0.29) is 5.82 Å². The van der Waals surface area contributed by atoms with Crippen molar-refractivity contribution in [3.05, 3.63) is 44.7 Å². The van der Waals surface area contributed by atoms with Gasteiger partial charge in [-0.1, -0.05) is 0 Å². The van der Waals surface area contributed by atoms with Crippen LogP contribution in [0.3, 0.4) is 0 Å². The van der Waals surface area contributed by atoms with Gasteiger partial charge >= 0.3 is 21.1 Å². The number of nitrogens with zero attached hydrogens (tertiary/aromatic N) is 1. The zero-order chi connectivity index (χ0) is 27.0. The Morgan fingerprint density at radius 3 is 2.28 bits per heavy atom. The molecular formula is C16H24N2O16P2. The van der Waals surface area contributed by atoms with E-state index in [9.17, 15) is 54.0 Å². The number of H-pyrrole nitrogens is 1. The molecule has 36 heavy (non-hydrogen) atoms. The van der Waals surface area contributed by atoms with Gasteiger partial charge in [0.1, 0.15) is 48.5 Å². The van der Waals surface area contributed by atoms with Crippen molar-refractivity contribution in [2.75, 3.05) is 13.2 Å². The SMILES string of the molecule is O=c1ccn([C@@H]2O[C@H](COP(=O)(O)OP(=O)(O)/C=C3\O[C@H](CO)[C@H](O)[C@H](O)[C@H]3O)[C@@H](O)[C@H]2O)c(=O)[nH]1. The van der Waals surface area contributed by atoms with Crippen LogP contribution in [-0.2, 0) is 27.4 Å². The molecule has 0 amide bonds. The molecule has 3 heterocycles. The Morgan fingerprint density at radius 2 is 1.67 bits per heavy atom. The highest BCUT2D eigenvalue weighted by molar-refractivity contribution is 7.66. The molecular weight excluding hydrogens is 538 g/mol. The summed E-state index contributed by atoms with van der Waals surface area (Å²) in [6.07, 6.45) is -12.9. The van der Waals surface area contributed by atoms with Crippen molar-refractivity contribution in [3.8, 4) is 0 Å². The van der Waals surface area contributed by atoms with Crippen molar-refractivity contribution in [3.63, 3.8) is 0 Å². The van der Waals surface area contributed by atoms with Crippen molar-refractivity contribution in [1.82, 2.24) is 9.55 Å². The van der Waals surface area contributed by atoms with E-state index in [1.54, 1.807) is 0 Å². The molecule has 3 rings (SSSR count). The lowest BCUT2D eigenvalue weighted by atomic mass is 9.99. The highest BCUT2D eigenvalue weighted by Gasteiger charge is 2.46. The minimum absolute atomic E-state index is 0.158. The molecule has 204 valence electrons. The van der Waals surface area contributed by atoms with E-state index in [1.165, 1.54) is 0 Å². The number of phosphoric acid groups is 1. The summed E-state index contributed by atoms with van der Waals surface area (Å²) in [6.45, 7) is -1.85. The number of hydrogen-bond donors (Lipinski definition) is 9. The standard InChI is InChI=1S/C16H24N2O16P2/c19-3-6-10(21)13(24)12(23)8(32-6)5-35(27,28)34-36(29,30)31-4-7-11(22)14(25)15(33-7)18-2-1-9(20)17-16(18)26/h1-2,5-7,10-15,19,21-25H,3-4H2,(H,27,28)(H,29,30)(H,17,20,26)/b8-5-/t6-,7-,10+,11-,12+,13+,14-,15-/m1/s1. The largest absolute Gasteiger partial charge is 0.486 e. The maximum absolute atomic E-state index is 12.3. The Balaban J connectivity index is 1.67. The molecule has 1 aromatic rings. The minimum Gasteiger partial charge on any atom is -0.486 e. The molecule has 0 bridgehead atoms. The summed E-state index contributed by atoms with van der Waals surface area (Å²) < 4.78 is 44.2. The monoisotopic (exact) mass is 562 g/mol. The van der Waals surface area contributed by atoms with Crippen molar-refractivity contribution in [1.29, 1.82) is 0 Å². The summed E-state index contributed by atoms with van der Waals surface area (Å²) in [4.78, 5) is 44.7. The van der Waals surface area contributed by atoms with E-state index in [0.29, 0.717) is 0 Å². The van der Waals surface area contributed by atoms with E-state index in [0.717, 1.165) is 16.8 Å². The first-order valence-electron chi connectivity index (χ1n) is 10.0. The quantitative estimate of drug-likeness (QED) is 0.136. The van der Waals surface area contributed by atoms with Crippen LogP contribution in [0.25, 0.3) is 0 Å². The van der Waals surface area contributed by atoms with Gasteiger partial charge in [-0.3, -0.25) is 23.4 Å². The van der Waals surface area contributed by atoms with Crippen molar-refractivity contribution in [2.24, 2.45) is 0 Å². The fraction of sp³-hybridized carbons (Fsp3) is 0.625. The number of nitrogens with one attached hydrogen (secondary N) is 1. The fourth-order valence-corrected chi connectivity index (χ4v) is 5.82. The van der Waals surface area contributed by atoms with Crippen LogP contribution in [0, 0.1) is 0 Å². The van der Waals surface area contributed by atoms with Gasteiger partial charge in [-0.05, 0) is 0 Å². The Bertz CT molecular complexity index is 1180.